The average molecular weight is 388 g/mol. The minimum Gasteiger partial charge on any atom is -0.342 e. The van der Waals surface area contributed by atoms with Crippen molar-refractivity contribution in [3.63, 3.8) is 0 Å². The van der Waals surface area contributed by atoms with E-state index < -0.39 is 0 Å². The van der Waals surface area contributed by atoms with E-state index in [-0.39, 0.29) is 5.56 Å². The second-order valence-corrected chi connectivity index (χ2v) is 8.50. The third-order valence-electron chi connectivity index (χ3n) is 6.37. The Balaban J connectivity index is 1.98. The summed E-state index contributed by atoms with van der Waals surface area (Å²) in [5.74, 6) is 2.06. The van der Waals surface area contributed by atoms with E-state index >= 15 is 0 Å². The maximum Gasteiger partial charge on any atom is 0.278 e. The topological polar surface area (TPSA) is 66.8 Å². The second kappa shape index (κ2) is 9.57. The predicted octanol–water partition coefficient (Wildman–Crippen LogP) is 4.43. The number of fused-ring (bicyclic) bond motifs is 1. The molecule has 0 bridgehead atoms. The minimum atomic E-state index is -0.0736. The van der Waals surface area contributed by atoms with E-state index in [9.17, 15) is 4.79 Å². The minimum absolute atomic E-state index is 0.0736. The third kappa shape index (κ3) is 4.58. The van der Waals surface area contributed by atoms with Crippen molar-refractivity contribution < 1.29 is 0 Å². The van der Waals surface area contributed by atoms with Crippen LogP contribution in [0.15, 0.2) is 4.79 Å². The lowest BCUT2D eigenvalue weighted by atomic mass is 9.88. The highest BCUT2D eigenvalue weighted by atomic mass is 16.1. The van der Waals surface area contributed by atoms with E-state index in [1.165, 1.54) is 32.1 Å². The summed E-state index contributed by atoms with van der Waals surface area (Å²) in [6.45, 7) is 8.60. The first kappa shape index (κ1) is 20.9. The fourth-order valence-electron chi connectivity index (χ4n) is 4.58. The molecule has 28 heavy (non-hydrogen) atoms. The molecule has 3 rings (SSSR count). The van der Waals surface area contributed by atoms with Gasteiger partial charge in [0.2, 0.25) is 5.95 Å². The Kier molecular flexibility index (Phi) is 7.13. The van der Waals surface area contributed by atoms with Crippen molar-refractivity contribution in [2.75, 3.05) is 18.0 Å². The van der Waals surface area contributed by atoms with Gasteiger partial charge in [-0.05, 0) is 31.1 Å². The molecule has 6 nitrogen and oxygen atoms in total. The molecule has 6 heteroatoms. The van der Waals surface area contributed by atoms with Gasteiger partial charge in [-0.2, -0.15) is 5.10 Å². The molecule has 0 saturated heterocycles. The van der Waals surface area contributed by atoms with Crippen LogP contribution in [0, 0.1) is 11.8 Å². The highest BCUT2D eigenvalue weighted by Gasteiger charge is 2.23. The van der Waals surface area contributed by atoms with Crippen LogP contribution in [0.5, 0.6) is 0 Å². The van der Waals surface area contributed by atoms with E-state index in [4.69, 9.17) is 4.98 Å². The van der Waals surface area contributed by atoms with Crippen LogP contribution in [-0.2, 0) is 13.5 Å². The van der Waals surface area contributed by atoms with E-state index in [2.05, 4.69) is 35.8 Å². The molecule has 0 spiro atoms. The Hall–Kier alpha value is -1.85. The van der Waals surface area contributed by atoms with Crippen LogP contribution in [0.4, 0.5) is 5.95 Å². The normalized spacial score (nSPS) is 15.6. The molecule has 0 aliphatic heterocycles. The number of anilines is 1. The van der Waals surface area contributed by atoms with Crippen molar-refractivity contribution in [1.29, 1.82) is 0 Å². The number of aryl methyl sites for hydroxylation is 2. The summed E-state index contributed by atoms with van der Waals surface area (Å²) in [7, 11) is 1.84. The molecular weight excluding hydrogens is 350 g/mol. The molecule has 1 saturated carbocycles. The zero-order valence-electron chi connectivity index (χ0n) is 18.1. The van der Waals surface area contributed by atoms with Crippen molar-refractivity contribution in [3.05, 3.63) is 16.0 Å². The van der Waals surface area contributed by atoms with Crippen molar-refractivity contribution in [2.45, 2.75) is 78.6 Å². The van der Waals surface area contributed by atoms with Gasteiger partial charge in [-0.3, -0.25) is 14.5 Å². The lowest BCUT2D eigenvalue weighted by molar-refractivity contribution is 0.347. The number of H-pyrrole nitrogens is 1. The highest BCUT2D eigenvalue weighted by Crippen LogP contribution is 2.27. The zero-order chi connectivity index (χ0) is 20.1. The summed E-state index contributed by atoms with van der Waals surface area (Å²) in [5, 5.41) is 4.57. The van der Waals surface area contributed by atoms with E-state index in [0.717, 1.165) is 55.9 Å². The molecule has 0 amide bonds. The molecule has 0 atom stereocenters. The summed E-state index contributed by atoms with van der Waals surface area (Å²) in [5.41, 5.74) is 2.23. The Bertz CT molecular complexity index is 814. The second-order valence-electron chi connectivity index (χ2n) is 8.50. The first-order valence-corrected chi connectivity index (χ1v) is 11.3. The Morgan fingerprint density at radius 3 is 2.54 bits per heavy atom. The molecule has 2 heterocycles. The maximum atomic E-state index is 12.9. The van der Waals surface area contributed by atoms with Gasteiger partial charge in [-0.25, -0.2) is 4.98 Å². The van der Waals surface area contributed by atoms with Gasteiger partial charge in [0.15, 0.2) is 5.52 Å². The molecule has 0 radical (unpaired) electrons. The molecule has 1 aliphatic rings. The van der Waals surface area contributed by atoms with E-state index in [1.54, 1.807) is 4.68 Å². The van der Waals surface area contributed by atoms with Crippen molar-refractivity contribution >= 4 is 17.0 Å². The summed E-state index contributed by atoms with van der Waals surface area (Å²) in [6.07, 6.45) is 10.7. The molecule has 1 aliphatic carbocycles. The lowest BCUT2D eigenvalue weighted by Crippen LogP contribution is -2.37. The third-order valence-corrected chi connectivity index (χ3v) is 6.37. The number of aromatic amines is 1. The molecule has 1 N–H and O–H groups in total. The Morgan fingerprint density at radius 1 is 1.18 bits per heavy atom. The van der Waals surface area contributed by atoms with Crippen LogP contribution in [0.3, 0.4) is 0 Å². The van der Waals surface area contributed by atoms with Gasteiger partial charge in [0.1, 0.15) is 5.52 Å². The number of hydrogen-bond acceptors (Lipinski definition) is 4. The molecule has 156 valence electrons. The maximum absolute atomic E-state index is 12.9. The number of rotatable bonds is 9. The van der Waals surface area contributed by atoms with Crippen LogP contribution >= 0.6 is 0 Å². The SMILES string of the molecule is CCCc1nn(C)c2c(=O)[nH]c(N(CC(CC)CC)CC3CCCCC3)nc12. The highest BCUT2D eigenvalue weighted by molar-refractivity contribution is 5.77. The van der Waals surface area contributed by atoms with E-state index in [0.29, 0.717) is 17.4 Å². The van der Waals surface area contributed by atoms with Crippen molar-refractivity contribution in [1.82, 2.24) is 19.7 Å². The molecule has 0 unspecified atom stereocenters. The Morgan fingerprint density at radius 2 is 1.89 bits per heavy atom. The average Bonchev–Trinajstić information content (AvgIpc) is 3.02. The van der Waals surface area contributed by atoms with Crippen LogP contribution < -0.4 is 10.5 Å². The summed E-state index contributed by atoms with van der Waals surface area (Å²) >= 11 is 0. The molecule has 0 aromatic carbocycles. The first-order chi connectivity index (χ1) is 13.6. The summed E-state index contributed by atoms with van der Waals surface area (Å²) in [6, 6.07) is 0. The van der Waals surface area contributed by atoms with Crippen molar-refractivity contribution in [3.8, 4) is 0 Å². The van der Waals surface area contributed by atoms with Gasteiger partial charge < -0.3 is 4.90 Å². The van der Waals surface area contributed by atoms with Gasteiger partial charge in [0.05, 0.1) is 5.69 Å². The van der Waals surface area contributed by atoms with Crippen LogP contribution in [0.1, 0.15) is 77.8 Å². The summed E-state index contributed by atoms with van der Waals surface area (Å²) in [4.78, 5) is 23.3. The largest absolute Gasteiger partial charge is 0.342 e. The quantitative estimate of drug-likeness (QED) is 0.691. The summed E-state index contributed by atoms with van der Waals surface area (Å²) < 4.78 is 1.68. The predicted molar refractivity (Wildman–Crippen MR) is 116 cm³/mol. The molecular formula is C22H37N5O. The van der Waals surface area contributed by atoms with Gasteiger partial charge in [0.25, 0.3) is 5.56 Å². The Labute approximate surface area is 168 Å². The molecule has 2 aromatic heterocycles. The fourth-order valence-corrected chi connectivity index (χ4v) is 4.58. The van der Waals surface area contributed by atoms with Gasteiger partial charge in [0, 0.05) is 20.1 Å². The fraction of sp³-hybridized carbons (Fsp3) is 0.773. The van der Waals surface area contributed by atoms with Crippen LogP contribution in [-0.4, -0.2) is 32.8 Å². The molecule has 2 aromatic rings. The van der Waals surface area contributed by atoms with Crippen molar-refractivity contribution in [2.24, 2.45) is 18.9 Å². The standard InChI is InChI=1S/C22H37N5O/c1-5-11-18-19-20(26(4)25-18)21(28)24-22(23-19)27(14-16(6-2)7-3)15-17-12-9-8-10-13-17/h16-17H,5-15H2,1-4H3,(H,23,24,28). The van der Waals surface area contributed by atoms with Gasteiger partial charge in [-0.1, -0.05) is 59.3 Å². The monoisotopic (exact) mass is 387 g/mol. The smallest absolute Gasteiger partial charge is 0.278 e. The number of hydrogen-bond donors (Lipinski definition) is 1. The lowest BCUT2D eigenvalue weighted by Gasteiger charge is -2.32. The van der Waals surface area contributed by atoms with Gasteiger partial charge >= 0.3 is 0 Å². The van der Waals surface area contributed by atoms with Gasteiger partial charge in [-0.15, -0.1) is 0 Å². The molecule has 1 fully saturated rings. The van der Waals surface area contributed by atoms with Crippen LogP contribution in [0.25, 0.3) is 11.0 Å². The zero-order valence-corrected chi connectivity index (χ0v) is 18.1. The number of nitrogens with zero attached hydrogens (tertiary/aromatic N) is 4. The number of aromatic nitrogens is 4. The van der Waals surface area contributed by atoms with E-state index in [1.807, 2.05) is 7.05 Å². The van der Waals surface area contributed by atoms with Crippen LogP contribution in [0.2, 0.25) is 0 Å². The first-order valence-electron chi connectivity index (χ1n) is 11.3. The number of nitrogens with one attached hydrogen (secondary N) is 1.